The summed E-state index contributed by atoms with van der Waals surface area (Å²) in [7, 11) is 0. The average Bonchev–Trinajstić information content (AvgIpc) is 3.17. The Labute approximate surface area is 125 Å². The quantitative estimate of drug-likeness (QED) is 0.769. The average molecular weight is 302 g/mol. The highest BCUT2D eigenvalue weighted by molar-refractivity contribution is 5.96. The summed E-state index contributed by atoms with van der Waals surface area (Å²) >= 11 is 0. The molecule has 22 heavy (non-hydrogen) atoms. The van der Waals surface area contributed by atoms with Crippen LogP contribution in [0.3, 0.4) is 0 Å². The first-order valence-electron chi connectivity index (χ1n) is 6.87. The van der Waals surface area contributed by atoms with E-state index in [4.69, 9.17) is 9.52 Å². The van der Waals surface area contributed by atoms with Gasteiger partial charge < -0.3 is 19.8 Å². The fourth-order valence-corrected chi connectivity index (χ4v) is 2.26. The van der Waals surface area contributed by atoms with E-state index in [0.717, 1.165) is 12.8 Å². The van der Waals surface area contributed by atoms with Gasteiger partial charge in [-0.25, -0.2) is 4.79 Å². The topological polar surface area (TPSA) is 112 Å². The van der Waals surface area contributed by atoms with Gasteiger partial charge in [0.05, 0.1) is 12.0 Å². The van der Waals surface area contributed by atoms with Gasteiger partial charge in [-0.3, -0.25) is 9.59 Å². The van der Waals surface area contributed by atoms with Gasteiger partial charge in [0.1, 0.15) is 17.4 Å². The third-order valence-electron chi connectivity index (χ3n) is 3.59. The summed E-state index contributed by atoms with van der Waals surface area (Å²) in [5.41, 5.74) is -0.267. The molecule has 7 nitrogen and oxygen atoms in total. The predicted octanol–water partition coefficient (Wildman–Crippen LogP) is 1.23. The van der Waals surface area contributed by atoms with Gasteiger partial charge in [-0.2, -0.15) is 0 Å². The molecule has 0 aliphatic heterocycles. The van der Waals surface area contributed by atoms with Crippen molar-refractivity contribution in [1.29, 1.82) is 0 Å². The van der Waals surface area contributed by atoms with Gasteiger partial charge in [-0.05, 0) is 43.0 Å². The van der Waals surface area contributed by atoms with Crippen molar-refractivity contribution in [1.82, 2.24) is 10.3 Å². The lowest BCUT2D eigenvalue weighted by atomic mass is 10.1. The molecule has 3 N–H and O–H groups in total. The highest BCUT2D eigenvalue weighted by Crippen LogP contribution is 2.32. The SMILES string of the molecule is O=C(NC(C(=O)O)C1CC1)c1ccc(-c2ccco2)[nH]c1=O. The maximum absolute atomic E-state index is 12.1. The van der Waals surface area contributed by atoms with Crippen molar-refractivity contribution in [3.8, 4) is 11.5 Å². The number of aromatic nitrogens is 1. The number of furan rings is 1. The molecule has 114 valence electrons. The Kier molecular flexibility index (Phi) is 3.54. The molecule has 2 aromatic rings. The third kappa shape index (κ3) is 2.78. The summed E-state index contributed by atoms with van der Waals surface area (Å²) in [5, 5.41) is 11.5. The second-order valence-corrected chi connectivity index (χ2v) is 5.22. The summed E-state index contributed by atoms with van der Waals surface area (Å²) in [6, 6.07) is 5.32. The van der Waals surface area contributed by atoms with Crippen molar-refractivity contribution >= 4 is 11.9 Å². The monoisotopic (exact) mass is 302 g/mol. The maximum atomic E-state index is 12.1. The van der Waals surface area contributed by atoms with Crippen LogP contribution in [0.4, 0.5) is 0 Å². The molecule has 2 aromatic heterocycles. The lowest BCUT2D eigenvalue weighted by molar-refractivity contribution is -0.139. The minimum atomic E-state index is -1.08. The van der Waals surface area contributed by atoms with E-state index in [1.807, 2.05) is 0 Å². The highest BCUT2D eigenvalue weighted by atomic mass is 16.4. The summed E-state index contributed by atoms with van der Waals surface area (Å²) in [4.78, 5) is 37.8. The molecule has 1 unspecified atom stereocenters. The van der Waals surface area contributed by atoms with Crippen LogP contribution in [-0.2, 0) is 4.79 Å². The van der Waals surface area contributed by atoms with E-state index in [1.54, 1.807) is 18.2 Å². The zero-order valence-corrected chi connectivity index (χ0v) is 11.5. The number of carbonyl (C=O) groups is 2. The van der Waals surface area contributed by atoms with Gasteiger partial charge in [0.2, 0.25) is 0 Å². The molecule has 0 spiro atoms. The van der Waals surface area contributed by atoms with Crippen LogP contribution in [0.25, 0.3) is 11.5 Å². The number of carboxylic acids is 1. The first-order valence-corrected chi connectivity index (χ1v) is 6.87. The molecule has 1 amide bonds. The van der Waals surface area contributed by atoms with Crippen LogP contribution in [0.2, 0.25) is 0 Å². The fraction of sp³-hybridized carbons (Fsp3) is 0.267. The van der Waals surface area contributed by atoms with Crippen molar-refractivity contribution in [2.24, 2.45) is 5.92 Å². The number of nitrogens with one attached hydrogen (secondary N) is 2. The molecule has 0 radical (unpaired) electrons. The zero-order valence-electron chi connectivity index (χ0n) is 11.5. The van der Waals surface area contributed by atoms with E-state index in [0.29, 0.717) is 11.5 Å². The number of pyridine rings is 1. The Morgan fingerprint density at radius 2 is 2.09 bits per heavy atom. The van der Waals surface area contributed by atoms with E-state index in [-0.39, 0.29) is 11.5 Å². The van der Waals surface area contributed by atoms with Crippen molar-refractivity contribution in [3.05, 3.63) is 46.4 Å². The predicted molar refractivity (Wildman–Crippen MR) is 76.4 cm³/mol. The van der Waals surface area contributed by atoms with E-state index < -0.39 is 23.5 Å². The minimum Gasteiger partial charge on any atom is -0.480 e. The number of carbonyl (C=O) groups excluding carboxylic acids is 1. The number of H-pyrrole nitrogens is 1. The van der Waals surface area contributed by atoms with E-state index >= 15 is 0 Å². The Balaban J connectivity index is 1.81. The summed E-state index contributed by atoms with van der Waals surface area (Å²) < 4.78 is 5.16. The summed E-state index contributed by atoms with van der Waals surface area (Å²) in [6.07, 6.45) is 3.01. The van der Waals surface area contributed by atoms with Gasteiger partial charge in [-0.15, -0.1) is 0 Å². The van der Waals surface area contributed by atoms with Crippen LogP contribution in [-0.4, -0.2) is 28.0 Å². The first-order chi connectivity index (χ1) is 10.6. The Morgan fingerprint density at radius 1 is 1.32 bits per heavy atom. The number of hydrogen-bond acceptors (Lipinski definition) is 4. The van der Waals surface area contributed by atoms with E-state index in [9.17, 15) is 14.4 Å². The first kappa shape index (κ1) is 14.1. The smallest absolute Gasteiger partial charge is 0.326 e. The highest BCUT2D eigenvalue weighted by Gasteiger charge is 2.37. The Bertz CT molecular complexity index is 758. The lowest BCUT2D eigenvalue weighted by Gasteiger charge is -2.13. The second-order valence-electron chi connectivity index (χ2n) is 5.22. The molecule has 2 heterocycles. The number of aliphatic carboxylic acids is 1. The van der Waals surface area contributed by atoms with Gasteiger partial charge in [0.25, 0.3) is 11.5 Å². The molecule has 3 rings (SSSR count). The van der Waals surface area contributed by atoms with Crippen molar-refractivity contribution in [2.75, 3.05) is 0 Å². The normalized spacial score (nSPS) is 15.3. The molecule has 1 fully saturated rings. The van der Waals surface area contributed by atoms with Crippen LogP contribution >= 0.6 is 0 Å². The van der Waals surface area contributed by atoms with Crippen LogP contribution < -0.4 is 10.9 Å². The van der Waals surface area contributed by atoms with Crippen LogP contribution in [0.5, 0.6) is 0 Å². The molecule has 0 aromatic carbocycles. The Hall–Kier alpha value is -2.83. The summed E-state index contributed by atoms with van der Waals surface area (Å²) in [5.74, 6) is -1.35. The largest absolute Gasteiger partial charge is 0.480 e. The van der Waals surface area contributed by atoms with Crippen LogP contribution in [0.1, 0.15) is 23.2 Å². The molecule has 1 aliphatic carbocycles. The molecule has 1 saturated carbocycles. The van der Waals surface area contributed by atoms with Crippen LogP contribution in [0, 0.1) is 5.92 Å². The van der Waals surface area contributed by atoms with E-state index in [2.05, 4.69) is 10.3 Å². The van der Waals surface area contributed by atoms with Gasteiger partial charge in [0.15, 0.2) is 0 Å². The number of rotatable bonds is 5. The van der Waals surface area contributed by atoms with Crippen LogP contribution in [0.15, 0.2) is 39.7 Å². The number of hydrogen-bond donors (Lipinski definition) is 3. The van der Waals surface area contributed by atoms with Crippen molar-refractivity contribution < 1.29 is 19.1 Å². The molecule has 1 atom stereocenters. The fourth-order valence-electron chi connectivity index (χ4n) is 2.26. The van der Waals surface area contributed by atoms with Gasteiger partial charge in [0, 0.05) is 0 Å². The summed E-state index contributed by atoms with van der Waals surface area (Å²) in [6.45, 7) is 0. The van der Waals surface area contributed by atoms with Crippen molar-refractivity contribution in [2.45, 2.75) is 18.9 Å². The number of amides is 1. The number of aromatic amines is 1. The zero-order chi connectivity index (χ0) is 15.7. The third-order valence-corrected chi connectivity index (χ3v) is 3.59. The Morgan fingerprint density at radius 3 is 2.64 bits per heavy atom. The maximum Gasteiger partial charge on any atom is 0.326 e. The van der Waals surface area contributed by atoms with Crippen molar-refractivity contribution in [3.63, 3.8) is 0 Å². The molecule has 1 aliphatic rings. The van der Waals surface area contributed by atoms with E-state index in [1.165, 1.54) is 12.3 Å². The van der Waals surface area contributed by atoms with Gasteiger partial charge in [-0.1, -0.05) is 0 Å². The standard InChI is InChI=1S/C15H14N2O5/c18-13-9(5-6-10(16-13)11-2-1-7-22-11)14(19)17-12(15(20)21)8-3-4-8/h1-2,5-8,12H,3-4H2,(H,16,18)(H,17,19)(H,20,21). The number of carboxylic acid groups (broad SMARTS) is 1. The minimum absolute atomic E-state index is 0.0528. The lowest BCUT2D eigenvalue weighted by Crippen LogP contribution is -2.43. The second kappa shape index (κ2) is 5.51. The molecule has 0 bridgehead atoms. The molecular formula is C15H14N2O5. The molecule has 7 heteroatoms. The van der Waals surface area contributed by atoms with Gasteiger partial charge >= 0.3 is 5.97 Å². The molecule has 0 saturated heterocycles. The molecular weight excluding hydrogens is 288 g/mol.